The SMILES string of the molecule is CCOC(=O)[C@]1(O)C[C@@H]2CCC[C@@]23c2c(c4ccccc4n2Cc2ccccc2)CCN3C1=O. The highest BCUT2D eigenvalue weighted by atomic mass is 16.5. The fourth-order valence-electron chi connectivity index (χ4n) is 6.97. The third kappa shape index (κ3) is 2.78. The van der Waals surface area contributed by atoms with Crippen LogP contribution in [0.2, 0.25) is 0 Å². The van der Waals surface area contributed by atoms with E-state index in [2.05, 4.69) is 53.1 Å². The summed E-state index contributed by atoms with van der Waals surface area (Å²) in [7, 11) is 0. The second-order valence-electron chi connectivity index (χ2n) is 9.92. The number of rotatable bonds is 4. The number of hydrogen-bond donors (Lipinski definition) is 1. The van der Waals surface area contributed by atoms with Gasteiger partial charge < -0.3 is 19.3 Å². The number of amides is 1. The first-order valence-corrected chi connectivity index (χ1v) is 12.4. The van der Waals surface area contributed by atoms with E-state index >= 15 is 0 Å². The maximum absolute atomic E-state index is 13.8. The van der Waals surface area contributed by atoms with Gasteiger partial charge in [0.05, 0.1) is 12.1 Å². The van der Waals surface area contributed by atoms with Crippen LogP contribution in [0.25, 0.3) is 10.9 Å². The molecule has 3 atom stereocenters. The molecule has 1 saturated heterocycles. The average molecular weight is 459 g/mol. The summed E-state index contributed by atoms with van der Waals surface area (Å²) >= 11 is 0. The Hall–Kier alpha value is -3.12. The molecule has 2 aromatic carbocycles. The summed E-state index contributed by atoms with van der Waals surface area (Å²) in [5, 5.41) is 12.6. The quantitative estimate of drug-likeness (QED) is 0.477. The molecule has 176 valence electrons. The predicted molar refractivity (Wildman–Crippen MR) is 128 cm³/mol. The molecule has 6 rings (SSSR count). The van der Waals surface area contributed by atoms with Crippen molar-refractivity contribution in [2.24, 2.45) is 5.92 Å². The van der Waals surface area contributed by atoms with Crippen LogP contribution < -0.4 is 0 Å². The van der Waals surface area contributed by atoms with Gasteiger partial charge >= 0.3 is 5.97 Å². The van der Waals surface area contributed by atoms with Gasteiger partial charge in [0.25, 0.3) is 5.91 Å². The van der Waals surface area contributed by atoms with E-state index in [1.165, 1.54) is 27.7 Å². The van der Waals surface area contributed by atoms with Crippen molar-refractivity contribution in [2.45, 2.75) is 56.7 Å². The molecule has 3 aromatic rings. The molecule has 6 heteroatoms. The number of esters is 1. The van der Waals surface area contributed by atoms with Crippen molar-refractivity contribution in [1.82, 2.24) is 9.47 Å². The van der Waals surface area contributed by atoms with Gasteiger partial charge in [-0.25, -0.2) is 4.79 Å². The number of hydrogen-bond acceptors (Lipinski definition) is 4. The summed E-state index contributed by atoms with van der Waals surface area (Å²) in [5.41, 5.74) is 2.30. The molecule has 1 aliphatic carbocycles. The van der Waals surface area contributed by atoms with Gasteiger partial charge in [-0.15, -0.1) is 0 Å². The largest absolute Gasteiger partial charge is 0.463 e. The van der Waals surface area contributed by atoms with Crippen LogP contribution in [0.4, 0.5) is 0 Å². The van der Waals surface area contributed by atoms with E-state index in [1.807, 2.05) is 11.0 Å². The third-order valence-corrected chi connectivity index (χ3v) is 8.28. The summed E-state index contributed by atoms with van der Waals surface area (Å²) in [6.45, 7) is 3.06. The predicted octanol–water partition coefficient (Wildman–Crippen LogP) is 3.77. The average Bonchev–Trinajstić information content (AvgIpc) is 3.40. The van der Waals surface area contributed by atoms with Crippen molar-refractivity contribution in [1.29, 1.82) is 0 Å². The number of aromatic nitrogens is 1. The standard InChI is InChI=1S/C28H30N2O4/c1-2-34-26(32)28(33)17-20-11-8-15-27(20)24-22(14-16-30(27)25(28)31)21-12-6-7-13-23(21)29(24)18-19-9-4-3-5-10-19/h3-7,9-10,12-13,20,33H,2,8,11,14-18H2,1H3/t20-,27-,28-/m0/s1. The van der Waals surface area contributed by atoms with E-state index in [-0.39, 0.29) is 18.9 Å². The summed E-state index contributed by atoms with van der Waals surface area (Å²) in [6, 6.07) is 18.9. The lowest BCUT2D eigenvalue weighted by Crippen LogP contribution is -2.69. The van der Waals surface area contributed by atoms with Crippen LogP contribution in [0.1, 0.15) is 49.4 Å². The van der Waals surface area contributed by atoms with Crippen LogP contribution >= 0.6 is 0 Å². The molecule has 1 amide bonds. The molecule has 1 N–H and O–H groups in total. The zero-order valence-electron chi connectivity index (χ0n) is 19.5. The van der Waals surface area contributed by atoms with Gasteiger partial charge in [-0.1, -0.05) is 55.0 Å². The summed E-state index contributed by atoms with van der Waals surface area (Å²) < 4.78 is 7.55. The number of aliphatic hydroxyl groups is 1. The number of carbonyl (C=O) groups excluding carboxylic acids is 2. The van der Waals surface area contributed by atoms with Gasteiger partial charge in [0, 0.05) is 36.1 Å². The first-order chi connectivity index (χ1) is 16.5. The Bertz CT molecular complexity index is 1280. The Kier molecular flexibility index (Phi) is 4.85. The molecule has 2 fully saturated rings. The Morgan fingerprint density at radius 3 is 2.71 bits per heavy atom. The van der Waals surface area contributed by atoms with Crippen molar-refractivity contribution in [3.63, 3.8) is 0 Å². The lowest BCUT2D eigenvalue weighted by molar-refractivity contribution is -0.194. The zero-order chi connectivity index (χ0) is 23.5. The van der Waals surface area contributed by atoms with E-state index in [0.717, 1.165) is 25.8 Å². The third-order valence-electron chi connectivity index (χ3n) is 8.28. The molecule has 1 saturated carbocycles. The number of carbonyl (C=O) groups is 2. The molecule has 3 heterocycles. The normalized spacial score (nSPS) is 27.9. The number of para-hydroxylation sites is 1. The Morgan fingerprint density at radius 1 is 1.15 bits per heavy atom. The lowest BCUT2D eigenvalue weighted by Gasteiger charge is -2.55. The minimum Gasteiger partial charge on any atom is -0.463 e. The molecular formula is C28H30N2O4. The molecule has 0 radical (unpaired) electrons. The molecular weight excluding hydrogens is 428 g/mol. The highest BCUT2D eigenvalue weighted by Gasteiger charge is 2.66. The van der Waals surface area contributed by atoms with Crippen LogP contribution in [-0.4, -0.2) is 45.2 Å². The summed E-state index contributed by atoms with van der Waals surface area (Å²) in [4.78, 5) is 28.4. The number of ether oxygens (including phenoxy) is 1. The van der Waals surface area contributed by atoms with Crippen LogP contribution in [0, 0.1) is 5.92 Å². The Labute approximate surface area is 199 Å². The molecule has 0 unspecified atom stereocenters. The Morgan fingerprint density at radius 2 is 1.91 bits per heavy atom. The van der Waals surface area contributed by atoms with Gasteiger partial charge in [0.15, 0.2) is 0 Å². The van der Waals surface area contributed by atoms with Gasteiger partial charge in [-0.3, -0.25) is 4.79 Å². The van der Waals surface area contributed by atoms with Crippen molar-refractivity contribution in [2.75, 3.05) is 13.2 Å². The van der Waals surface area contributed by atoms with Crippen LogP contribution in [0.5, 0.6) is 0 Å². The fourth-order valence-corrected chi connectivity index (χ4v) is 6.97. The minimum atomic E-state index is -2.09. The van der Waals surface area contributed by atoms with Gasteiger partial charge in [0.2, 0.25) is 5.60 Å². The van der Waals surface area contributed by atoms with Gasteiger partial charge in [-0.05, 0) is 49.3 Å². The Balaban J connectivity index is 1.55. The van der Waals surface area contributed by atoms with E-state index in [4.69, 9.17) is 4.74 Å². The molecule has 6 nitrogen and oxygen atoms in total. The molecule has 0 bridgehead atoms. The topological polar surface area (TPSA) is 71.8 Å². The van der Waals surface area contributed by atoms with Crippen molar-refractivity contribution in [3.05, 3.63) is 71.4 Å². The number of fused-ring (bicyclic) bond motifs is 3. The number of benzene rings is 2. The molecule has 1 spiro atoms. The highest BCUT2D eigenvalue weighted by molar-refractivity contribution is 6.07. The van der Waals surface area contributed by atoms with Crippen LogP contribution in [-0.2, 0) is 32.8 Å². The molecule has 1 aromatic heterocycles. The number of piperidine rings is 1. The smallest absolute Gasteiger partial charge is 0.348 e. The van der Waals surface area contributed by atoms with E-state index < -0.39 is 23.0 Å². The first-order valence-electron chi connectivity index (χ1n) is 12.4. The maximum atomic E-state index is 13.8. The molecule has 3 aliphatic rings. The van der Waals surface area contributed by atoms with Crippen LogP contribution in [0.3, 0.4) is 0 Å². The monoisotopic (exact) mass is 458 g/mol. The summed E-state index contributed by atoms with van der Waals surface area (Å²) in [5.74, 6) is -1.31. The van der Waals surface area contributed by atoms with Crippen molar-refractivity contribution < 1.29 is 19.4 Å². The minimum absolute atomic E-state index is 0.00232. The highest BCUT2D eigenvalue weighted by Crippen LogP contribution is 2.58. The number of nitrogens with zero attached hydrogens (tertiary/aromatic N) is 2. The first kappa shape index (κ1) is 21.4. The molecule has 2 aliphatic heterocycles. The second kappa shape index (κ2) is 7.70. The fraction of sp³-hybridized carbons (Fsp3) is 0.429. The van der Waals surface area contributed by atoms with Crippen LogP contribution in [0.15, 0.2) is 54.6 Å². The maximum Gasteiger partial charge on any atom is 0.348 e. The van der Waals surface area contributed by atoms with E-state index in [0.29, 0.717) is 13.0 Å². The van der Waals surface area contributed by atoms with E-state index in [9.17, 15) is 14.7 Å². The second-order valence-corrected chi connectivity index (χ2v) is 9.92. The molecule has 34 heavy (non-hydrogen) atoms. The van der Waals surface area contributed by atoms with Gasteiger partial charge in [-0.2, -0.15) is 0 Å². The summed E-state index contributed by atoms with van der Waals surface area (Å²) in [6.07, 6.45) is 3.50. The lowest BCUT2D eigenvalue weighted by atomic mass is 9.68. The van der Waals surface area contributed by atoms with Crippen molar-refractivity contribution in [3.8, 4) is 0 Å². The van der Waals surface area contributed by atoms with Gasteiger partial charge in [0.1, 0.15) is 0 Å². The zero-order valence-corrected chi connectivity index (χ0v) is 19.5. The van der Waals surface area contributed by atoms with Crippen molar-refractivity contribution >= 4 is 22.8 Å². The van der Waals surface area contributed by atoms with E-state index in [1.54, 1.807) is 6.92 Å².